The summed E-state index contributed by atoms with van der Waals surface area (Å²) in [6, 6.07) is 0. The van der Waals surface area contributed by atoms with Crippen LogP contribution in [-0.4, -0.2) is 54.0 Å². The first-order valence-electron chi connectivity index (χ1n) is 18.2. The SMILES string of the molecule is CC(=O)NCCN1CCCC1.CC(C)C1=C2[C@H]3CC[C@@H]4[C@@]5(C)CCCC(C)(C)[C@@H]5CC[C@@]4(C)[C@]3(C)CC[C@@]2(C(=O)OO)CC1=O. The van der Waals surface area contributed by atoms with Gasteiger partial charge >= 0.3 is 5.97 Å². The molecule has 0 aromatic carbocycles. The second-order valence-electron chi connectivity index (χ2n) is 17.5. The average molecular weight is 627 g/mol. The van der Waals surface area contributed by atoms with Crippen molar-refractivity contribution in [2.24, 2.45) is 50.7 Å². The van der Waals surface area contributed by atoms with Crippen molar-refractivity contribution in [2.45, 2.75) is 132 Å². The van der Waals surface area contributed by atoms with Gasteiger partial charge in [0.1, 0.15) is 5.41 Å². The molecular formula is C38H62N2O5. The van der Waals surface area contributed by atoms with E-state index >= 15 is 0 Å². The smallest absolute Gasteiger partial charge is 0.352 e. The lowest BCUT2D eigenvalue weighted by Gasteiger charge is -2.71. The minimum Gasteiger partial charge on any atom is -0.355 e. The Morgan fingerprint density at radius 2 is 1.60 bits per heavy atom. The Morgan fingerprint density at radius 3 is 2.22 bits per heavy atom. The molecular weight excluding hydrogens is 564 g/mol. The van der Waals surface area contributed by atoms with Crippen LogP contribution < -0.4 is 5.32 Å². The number of allylic oxidation sites excluding steroid dienone is 1. The lowest BCUT2D eigenvalue weighted by Crippen LogP contribution is -2.64. The number of ketones is 1. The number of carbonyl (C=O) groups excluding carboxylic acids is 3. The van der Waals surface area contributed by atoms with Gasteiger partial charge in [-0.1, -0.05) is 54.9 Å². The van der Waals surface area contributed by atoms with Crippen LogP contribution in [0.3, 0.4) is 0 Å². The van der Waals surface area contributed by atoms with Crippen LogP contribution in [0.5, 0.6) is 0 Å². The van der Waals surface area contributed by atoms with Crippen LogP contribution in [0.1, 0.15) is 132 Å². The van der Waals surface area contributed by atoms with E-state index in [0.717, 1.165) is 43.0 Å². The Hall–Kier alpha value is -1.73. The number of nitrogens with zero attached hydrogens (tertiary/aromatic N) is 1. The van der Waals surface area contributed by atoms with Crippen molar-refractivity contribution < 1.29 is 24.5 Å². The second-order valence-corrected chi connectivity index (χ2v) is 17.5. The first-order valence-corrected chi connectivity index (χ1v) is 18.2. The van der Waals surface area contributed by atoms with Gasteiger partial charge in [0.15, 0.2) is 5.78 Å². The molecule has 4 saturated carbocycles. The normalized spacial score (nSPS) is 40.5. The molecule has 1 saturated heterocycles. The van der Waals surface area contributed by atoms with Gasteiger partial charge in [-0.3, -0.25) is 9.59 Å². The van der Waals surface area contributed by atoms with E-state index in [4.69, 9.17) is 0 Å². The highest BCUT2D eigenvalue weighted by molar-refractivity contribution is 6.05. The maximum atomic E-state index is 13.3. The van der Waals surface area contributed by atoms with E-state index in [1.54, 1.807) is 6.92 Å². The van der Waals surface area contributed by atoms with Crippen molar-refractivity contribution in [2.75, 3.05) is 26.2 Å². The molecule has 0 unspecified atom stereocenters. The van der Waals surface area contributed by atoms with E-state index in [-0.39, 0.29) is 40.8 Å². The van der Waals surface area contributed by atoms with Crippen molar-refractivity contribution in [1.82, 2.24) is 10.2 Å². The monoisotopic (exact) mass is 626 g/mol. The molecule has 0 bridgehead atoms. The molecule has 5 fully saturated rings. The molecule has 1 amide bonds. The lowest BCUT2D eigenvalue weighted by molar-refractivity contribution is -0.250. The summed E-state index contributed by atoms with van der Waals surface area (Å²) in [4.78, 5) is 43.7. The van der Waals surface area contributed by atoms with Gasteiger partial charge in [-0.15, -0.1) is 0 Å². The number of fused-ring (bicyclic) bond motifs is 7. The third-order valence-electron chi connectivity index (χ3n) is 14.7. The number of rotatable bonds is 5. The summed E-state index contributed by atoms with van der Waals surface area (Å²) >= 11 is 0. The fourth-order valence-corrected chi connectivity index (χ4v) is 12.4. The lowest BCUT2D eigenvalue weighted by atomic mass is 9.33. The number of hydrogen-bond acceptors (Lipinski definition) is 6. The average Bonchev–Trinajstić information content (AvgIpc) is 3.58. The Kier molecular flexibility index (Phi) is 9.52. The van der Waals surface area contributed by atoms with Crippen LogP contribution >= 0.6 is 0 Å². The zero-order chi connectivity index (χ0) is 33.0. The number of amides is 1. The number of likely N-dealkylation sites (tertiary alicyclic amines) is 1. The molecule has 0 spiro atoms. The molecule has 254 valence electrons. The van der Waals surface area contributed by atoms with Crippen molar-refractivity contribution >= 4 is 17.7 Å². The molecule has 7 atom stereocenters. The van der Waals surface area contributed by atoms with Crippen molar-refractivity contribution in [3.63, 3.8) is 0 Å². The predicted octanol–water partition coefficient (Wildman–Crippen LogP) is 7.59. The highest BCUT2D eigenvalue weighted by Gasteiger charge is 2.70. The Bertz CT molecular complexity index is 1200. The quantitative estimate of drug-likeness (QED) is 0.241. The molecule has 0 aromatic rings. The minimum atomic E-state index is -0.952. The summed E-state index contributed by atoms with van der Waals surface area (Å²) in [5.74, 6) is 1.30. The molecule has 0 radical (unpaired) electrons. The van der Waals surface area contributed by atoms with E-state index in [2.05, 4.69) is 63.6 Å². The van der Waals surface area contributed by atoms with Gasteiger partial charge in [0.25, 0.3) is 0 Å². The van der Waals surface area contributed by atoms with Crippen molar-refractivity contribution in [3.05, 3.63) is 11.1 Å². The topological polar surface area (TPSA) is 95.9 Å². The summed E-state index contributed by atoms with van der Waals surface area (Å²) in [6.45, 7) is 22.6. The maximum absolute atomic E-state index is 13.3. The van der Waals surface area contributed by atoms with Crippen LogP contribution in [-0.2, 0) is 19.3 Å². The fraction of sp³-hybridized carbons (Fsp3) is 0.868. The molecule has 6 aliphatic rings. The Balaban J connectivity index is 0.000000309. The van der Waals surface area contributed by atoms with E-state index in [1.807, 2.05) is 0 Å². The highest BCUT2D eigenvalue weighted by Crippen LogP contribution is 2.76. The van der Waals surface area contributed by atoms with E-state index in [9.17, 15) is 19.6 Å². The molecule has 1 aliphatic heterocycles. The van der Waals surface area contributed by atoms with Crippen molar-refractivity contribution in [1.29, 1.82) is 0 Å². The van der Waals surface area contributed by atoms with Gasteiger partial charge in [-0.2, -0.15) is 5.26 Å². The first kappa shape index (κ1) is 34.6. The summed E-state index contributed by atoms with van der Waals surface area (Å²) in [7, 11) is 0. The van der Waals surface area contributed by atoms with Gasteiger partial charge in [0.05, 0.1) is 0 Å². The first-order chi connectivity index (χ1) is 21.1. The standard InChI is InChI=1S/C30H46O4.C8H16N2O/c1-18(2)23-20(31)17-30(25(32)34-33)16-15-28(6)19(24(23)30)9-10-22-27(5)13-8-12-26(3,4)21(27)11-14-29(22,28)7;1-8(11)9-4-7-10-5-2-3-6-10/h18-19,21-22,33H,8-17H2,1-7H3;2-7H2,1H3,(H,9,11)/t19-,21+,22-,27+,28-,29-,30-;/m1./s1. The van der Waals surface area contributed by atoms with Gasteiger partial charge in [-0.05, 0) is 134 Å². The number of Topliss-reactive ketones (excluding diaryl/α,β-unsaturated/α-hetero) is 1. The number of carbonyl (C=O) groups is 3. The van der Waals surface area contributed by atoms with Gasteiger partial charge in [-0.25, -0.2) is 4.79 Å². The summed E-state index contributed by atoms with van der Waals surface area (Å²) < 4.78 is 0. The zero-order valence-corrected chi connectivity index (χ0v) is 29.7. The van der Waals surface area contributed by atoms with Crippen LogP contribution in [0.4, 0.5) is 0 Å². The fourth-order valence-electron chi connectivity index (χ4n) is 12.4. The van der Waals surface area contributed by atoms with E-state index < -0.39 is 11.4 Å². The van der Waals surface area contributed by atoms with Gasteiger partial charge < -0.3 is 15.1 Å². The molecule has 5 aliphatic carbocycles. The summed E-state index contributed by atoms with van der Waals surface area (Å²) in [5.41, 5.74) is 1.96. The van der Waals surface area contributed by atoms with Crippen LogP contribution in [0.2, 0.25) is 0 Å². The third kappa shape index (κ3) is 5.54. The largest absolute Gasteiger partial charge is 0.355 e. The zero-order valence-electron chi connectivity index (χ0n) is 29.7. The van der Waals surface area contributed by atoms with E-state index in [1.165, 1.54) is 64.5 Å². The summed E-state index contributed by atoms with van der Waals surface area (Å²) in [5, 5.41) is 12.3. The molecule has 1 heterocycles. The Labute approximate surface area is 272 Å². The predicted molar refractivity (Wildman–Crippen MR) is 177 cm³/mol. The maximum Gasteiger partial charge on any atom is 0.352 e. The van der Waals surface area contributed by atoms with Crippen LogP contribution in [0.25, 0.3) is 0 Å². The molecule has 45 heavy (non-hydrogen) atoms. The molecule has 6 rings (SSSR count). The van der Waals surface area contributed by atoms with Crippen LogP contribution in [0, 0.1) is 50.7 Å². The number of hydrogen-bond donors (Lipinski definition) is 2. The molecule has 2 N–H and O–H groups in total. The van der Waals surface area contributed by atoms with E-state index in [0.29, 0.717) is 23.2 Å². The molecule has 7 heteroatoms. The van der Waals surface area contributed by atoms with Gasteiger partial charge in [0.2, 0.25) is 5.91 Å². The van der Waals surface area contributed by atoms with Crippen LogP contribution in [0.15, 0.2) is 11.1 Å². The molecule has 0 aromatic heterocycles. The second kappa shape index (κ2) is 12.4. The van der Waals surface area contributed by atoms with Gasteiger partial charge in [0, 0.05) is 26.4 Å². The third-order valence-corrected chi connectivity index (χ3v) is 14.7. The highest BCUT2D eigenvalue weighted by atomic mass is 17.1. The summed E-state index contributed by atoms with van der Waals surface area (Å²) in [6.07, 6.45) is 13.1. The van der Waals surface area contributed by atoms with Crippen molar-refractivity contribution in [3.8, 4) is 0 Å². The number of nitrogens with one attached hydrogen (secondary N) is 1. The minimum absolute atomic E-state index is 0.0464. The molecule has 7 nitrogen and oxygen atoms in total. The Morgan fingerprint density at radius 1 is 0.911 bits per heavy atom.